The Balaban J connectivity index is 1.76. The molecule has 3 aromatic heterocycles. The number of rotatable bonds is 4. The van der Waals surface area contributed by atoms with Gasteiger partial charge in [-0.05, 0) is 47.5 Å². The summed E-state index contributed by atoms with van der Waals surface area (Å²) in [6.07, 6.45) is 6.85. The van der Waals surface area contributed by atoms with Crippen LogP contribution in [-0.2, 0) is 0 Å². The van der Waals surface area contributed by atoms with Gasteiger partial charge in [-0.2, -0.15) is 0 Å². The number of pyridine rings is 1. The summed E-state index contributed by atoms with van der Waals surface area (Å²) in [5.41, 5.74) is 8.31. The molecule has 4 rings (SSSR count). The van der Waals surface area contributed by atoms with Crippen molar-refractivity contribution in [2.75, 3.05) is 5.32 Å². The zero-order valence-corrected chi connectivity index (χ0v) is 13.5. The molecule has 4 N–H and O–H groups in total. The first-order chi connectivity index (χ1) is 11.2. The first-order valence-electron chi connectivity index (χ1n) is 7.84. The number of carbonyl (C=O) groups is 1. The molecular weight excluding hydrogens is 308 g/mol. The summed E-state index contributed by atoms with van der Waals surface area (Å²) in [6, 6.07) is 6.44. The highest BCUT2D eigenvalue weighted by Crippen LogP contribution is 2.33. The van der Waals surface area contributed by atoms with Gasteiger partial charge in [0.15, 0.2) is 0 Å². The topological polar surface area (TPSA) is 83.8 Å². The first kappa shape index (κ1) is 14.3. The van der Waals surface area contributed by atoms with Crippen LogP contribution in [0.25, 0.3) is 22.2 Å². The van der Waals surface area contributed by atoms with Gasteiger partial charge in [-0.1, -0.05) is 12.8 Å². The number of anilines is 1. The number of hydrogen-bond donors (Lipinski definition) is 3. The van der Waals surface area contributed by atoms with Crippen LogP contribution in [0.4, 0.5) is 5.82 Å². The number of nitrogens with zero attached hydrogens (tertiary/aromatic N) is 1. The molecule has 1 fully saturated rings. The average Bonchev–Trinajstić information content (AvgIpc) is 3.27. The molecule has 0 bridgehead atoms. The number of thiophene rings is 1. The Hall–Kier alpha value is -2.34. The highest BCUT2D eigenvalue weighted by molar-refractivity contribution is 7.12. The number of aromatic amines is 1. The van der Waals surface area contributed by atoms with E-state index in [2.05, 4.69) is 21.4 Å². The Morgan fingerprint density at radius 1 is 1.35 bits per heavy atom. The number of amides is 1. The fraction of sp³-hybridized carbons (Fsp3) is 0.294. The van der Waals surface area contributed by atoms with Gasteiger partial charge in [-0.25, -0.2) is 4.98 Å². The van der Waals surface area contributed by atoms with Crippen molar-refractivity contribution >= 4 is 34.1 Å². The van der Waals surface area contributed by atoms with Crippen molar-refractivity contribution in [1.82, 2.24) is 9.97 Å². The van der Waals surface area contributed by atoms with E-state index in [4.69, 9.17) is 5.73 Å². The maximum absolute atomic E-state index is 11.4. The number of aromatic nitrogens is 2. The molecule has 0 atom stereocenters. The van der Waals surface area contributed by atoms with Crippen molar-refractivity contribution in [3.8, 4) is 11.1 Å². The number of nitrogens with two attached hydrogens (primary N) is 1. The average molecular weight is 326 g/mol. The minimum absolute atomic E-state index is 0.384. The van der Waals surface area contributed by atoms with Crippen molar-refractivity contribution in [2.24, 2.45) is 5.73 Å². The second-order valence-corrected chi connectivity index (χ2v) is 6.90. The lowest BCUT2D eigenvalue weighted by molar-refractivity contribution is 0.100. The quantitative estimate of drug-likeness (QED) is 0.683. The zero-order valence-electron chi connectivity index (χ0n) is 12.6. The summed E-state index contributed by atoms with van der Waals surface area (Å²) in [7, 11) is 0. The zero-order chi connectivity index (χ0) is 15.8. The molecule has 23 heavy (non-hydrogen) atoms. The van der Waals surface area contributed by atoms with E-state index in [0.29, 0.717) is 10.9 Å². The Bertz CT molecular complexity index is 860. The third-order valence-corrected chi connectivity index (χ3v) is 5.33. The van der Waals surface area contributed by atoms with Crippen LogP contribution in [0.15, 0.2) is 29.8 Å². The molecule has 118 valence electrons. The Morgan fingerprint density at radius 3 is 2.91 bits per heavy atom. The summed E-state index contributed by atoms with van der Waals surface area (Å²) in [4.78, 5) is 19.8. The summed E-state index contributed by atoms with van der Waals surface area (Å²) in [5.74, 6) is 0.499. The van der Waals surface area contributed by atoms with Crippen LogP contribution >= 0.6 is 11.3 Å². The fourth-order valence-electron chi connectivity index (χ4n) is 3.24. The predicted molar refractivity (Wildman–Crippen MR) is 93.8 cm³/mol. The number of fused-ring (bicyclic) bond motifs is 1. The minimum Gasteiger partial charge on any atom is -0.367 e. The fourth-order valence-corrected chi connectivity index (χ4v) is 4.00. The summed E-state index contributed by atoms with van der Waals surface area (Å²) < 4.78 is 0. The van der Waals surface area contributed by atoms with Crippen LogP contribution in [0.2, 0.25) is 0 Å². The molecule has 0 aliphatic heterocycles. The van der Waals surface area contributed by atoms with Crippen molar-refractivity contribution < 1.29 is 4.79 Å². The molecule has 0 spiro atoms. The van der Waals surface area contributed by atoms with Crippen LogP contribution in [0, 0.1) is 0 Å². The van der Waals surface area contributed by atoms with E-state index in [1.807, 2.05) is 23.7 Å². The molecular formula is C17H18N4OS. The van der Waals surface area contributed by atoms with Gasteiger partial charge in [-0.15, -0.1) is 11.3 Å². The van der Waals surface area contributed by atoms with Gasteiger partial charge >= 0.3 is 0 Å². The van der Waals surface area contributed by atoms with Crippen LogP contribution in [0.5, 0.6) is 0 Å². The Kier molecular flexibility index (Phi) is 3.53. The van der Waals surface area contributed by atoms with E-state index in [1.165, 1.54) is 37.0 Å². The molecule has 0 aromatic carbocycles. The molecule has 6 heteroatoms. The normalized spacial score (nSPS) is 15.3. The molecule has 0 radical (unpaired) electrons. The maximum atomic E-state index is 11.4. The summed E-state index contributed by atoms with van der Waals surface area (Å²) in [5, 5.41) is 6.57. The van der Waals surface area contributed by atoms with Gasteiger partial charge in [0.05, 0.1) is 4.88 Å². The summed E-state index contributed by atoms with van der Waals surface area (Å²) in [6.45, 7) is 0. The van der Waals surface area contributed by atoms with E-state index in [-0.39, 0.29) is 5.91 Å². The molecule has 0 unspecified atom stereocenters. The van der Waals surface area contributed by atoms with Gasteiger partial charge in [0, 0.05) is 17.6 Å². The Labute approximate surface area is 137 Å². The lowest BCUT2D eigenvalue weighted by Crippen LogP contribution is -2.15. The first-order valence-corrected chi connectivity index (χ1v) is 8.72. The molecule has 5 nitrogen and oxygen atoms in total. The van der Waals surface area contributed by atoms with Gasteiger partial charge < -0.3 is 16.0 Å². The van der Waals surface area contributed by atoms with Crippen LogP contribution in [0.3, 0.4) is 0 Å². The van der Waals surface area contributed by atoms with E-state index in [9.17, 15) is 4.79 Å². The highest BCUT2D eigenvalue weighted by atomic mass is 32.1. The number of H-pyrrole nitrogens is 1. The smallest absolute Gasteiger partial charge is 0.258 e. The lowest BCUT2D eigenvalue weighted by Gasteiger charge is -2.14. The van der Waals surface area contributed by atoms with Crippen molar-refractivity contribution in [3.05, 3.63) is 34.7 Å². The molecule has 1 amide bonds. The highest BCUT2D eigenvalue weighted by Gasteiger charge is 2.17. The maximum Gasteiger partial charge on any atom is 0.258 e. The van der Waals surface area contributed by atoms with Crippen LogP contribution in [-0.4, -0.2) is 21.9 Å². The number of hydrogen-bond acceptors (Lipinski definition) is 4. The standard InChI is InChI=1S/C17H18N4OS/c18-16(22)14-7-10(9-23-14)13-8-15(20-11-3-1-2-4-11)21-17-12(13)5-6-19-17/h5-9,11H,1-4H2,(H2,18,22)(H2,19,20,21). The van der Waals surface area contributed by atoms with Crippen molar-refractivity contribution in [1.29, 1.82) is 0 Å². The number of nitrogens with one attached hydrogen (secondary N) is 2. The second-order valence-electron chi connectivity index (χ2n) is 5.98. The SMILES string of the molecule is NC(=O)c1cc(-c2cc(NC3CCCC3)nc3[nH]ccc23)cs1. The molecule has 0 saturated heterocycles. The third-order valence-electron chi connectivity index (χ3n) is 4.39. The molecule has 1 aliphatic rings. The lowest BCUT2D eigenvalue weighted by atomic mass is 10.1. The van der Waals surface area contributed by atoms with Crippen LogP contribution < -0.4 is 11.1 Å². The largest absolute Gasteiger partial charge is 0.367 e. The molecule has 3 heterocycles. The van der Waals surface area contributed by atoms with Crippen LogP contribution in [0.1, 0.15) is 35.4 Å². The van der Waals surface area contributed by atoms with Crippen molar-refractivity contribution in [2.45, 2.75) is 31.7 Å². The Morgan fingerprint density at radius 2 is 2.17 bits per heavy atom. The van der Waals surface area contributed by atoms with Gasteiger partial charge in [0.25, 0.3) is 5.91 Å². The van der Waals surface area contributed by atoms with Gasteiger partial charge in [0.1, 0.15) is 11.5 Å². The minimum atomic E-state index is -0.384. The van der Waals surface area contributed by atoms with Gasteiger partial charge in [-0.3, -0.25) is 4.79 Å². The number of carbonyl (C=O) groups excluding carboxylic acids is 1. The number of primary amides is 1. The van der Waals surface area contributed by atoms with E-state index < -0.39 is 0 Å². The second kappa shape index (κ2) is 5.70. The van der Waals surface area contributed by atoms with Crippen molar-refractivity contribution in [3.63, 3.8) is 0 Å². The summed E-state index contributed by atoms with van der Waals surface area (Å²) >= 11 is 1.38. The molecule has 1 aliphatic carbocycles. The predicted octanol–water partition coefficient (Wildman–Crippen LogP) is 3.74. The molecule has 3 aromatic rings. The molecule has 1 saturated carbocycles. The van der Waals surface area contributed by atoms with E-state index >= 15 is 0 Å². The van der Waals surface area contributed by atoms with E-state index in [0.717, 1.165) is 28.0 Å². The third kappa shape index (κ3) is 2.70. The van der Waals surface area contributed by atoms with E-state index in [1.54, 1.807) is 0 Å². The van der Waals surface area contributed by atoms with Gasteiger partial charge in [0.2, 0.25) is 0 Å². The monoisotopic (exact) mass is 326 g/mol.